The number of benzene rings is 4. The van der Waals surface area contributed by atoms with Crippen LogP contribution in [0.4, 0.5) is 0 Å². The summed E-state index contributed by atoms with van der Waals surface area (Å²) in [7, 11) is 0. The van der Waals surface area contributed by atoms with Crippen LogP contribution in [-0.2, 0) is 18.4 Å². The van der Waals surface area contributed by atoms with Crippen molar-refractivity contribution in [3.63, 3.8) is 0 Å². The number of fused-ring (bicyclic) bond motifs is 4. The van der Waals surface area contributed by atoms with Crippen molar-refractivity contribution in [3.8, 4) is 0 Å². The topological polar surface area (TPSA) is 126 Å². The van der Waals surface area contributed by atoms with Crippen LogP contribution in [0.1, 0.15) is 22.3 Å². The summed E-state index contributed by atoms with van der Waals surface area (Å²) in [5.74, 6) is 0. The Balaban J connectivity index is 0.000000128. The molecule has 4 aromatic carbocycles. The molecular formula is C40H35BrN8. The fourth-order valence-corrected chi connectivity index (χ4v) is 5.72. The molecule has 0 saturated heterocycles. The SMILES string of the molecule is BrCc1cccc2cccnc12.Cc1cccc2cccnc12.NCc1cccc2cccnc12.[N-]=[N+]=NCc1cccc2cccnc12. The number of azide groups is 1. The molecular weight excluding hydrogens is 672 g/mol. The average molecular weight is 708 g/mol. The molecule has 242 valence electrons. The van der Waals surface area contributed by atoms with E-state index in [0.717, 1.165) is 49.3 Å². The Hall–Kier alpha value is -5.73. The second kappa shape index (κ2) is 18.0. The van der Waals surface area contributed by atoms with Gasteiger partial charge in [0.2, 0.25) is 0 Å². The number of nitrogens with zero attached hydrogens (tertiary/aromatic N) is 7. The Labute approximate surface area is 293 Å². The van der Waals surface area contributed by atoms with E-state index >= 15 is 0 Å². The molecule has 4 heterocycles. The maximum absolute atomic E-state index is 8.24. The van der Waals surface area contributed by atoms with Gasteiger partial charge in [0.15, 0.2) is 0 Å². The first-order valence-corrected chi connectivity index (χ1v) is 16.8. The fraction of sp³-hybridized carbons (Fsp3) is 0.100. The molecule has 0 aliphatic carbocycles. The van der Waals surface area contributed by atoms with Crippen LogP contribution in [0.3, 0.4) is 0 Å². The predicted octanol–water partition coefficient (Wildman–Crippen LogP) is 10.4. The van der Waals surface area contributed by atoms with Gasteiger partial charge in [-0.2, -0.15) is 0 Å². The molecule has 0 fully saturated rings. The number of hydrogen-bond donors (Lipinski definition) is 1. The molecule has 8 rings (SSSR count). The highest BCUT2D eigenvalue weighted by atomic mass is 79.9. The summed E-state index contributed by atoms with van der Waals surface area (Å²) in [5, 5.41) is 9.03. The highest BCUT2D eigenvalue weighted by Crippen LogP contribution is 2.19. The van der Waals surface area contributed by atoms with Gasteiger partial charge in [0.05, 0.1) is 28.6 Å². The molecule has 0 unspecified atom stereocenters. The molecule has 0 atom stereocenters. The van der Waals surface area contributed by atoms with Gasteiger partial charge < -0.3 is 5.73 Å². The van der Waals surface area contributed by atoms with Gasteiger partial charge in [-0.1, -0.05) is 118 Å². The number of pyridine rings is 4. The Morgan fingerprint density at radius 2 is 0.939 bits per heavy atom. The lowest BCUT2D eigenvalue weighted by Gasteiger charge is -2.01. The lowest BCUT2D eigenvalue weighted by molar-refractivity contribution is 1.05. The zero-order valence-corrected chi connectivity index (χ0v) is 28.6. The molecule has 8 nitrogen and oxygen atoms in total. The summed E-state index contributed by atoms with van der Waals surface area (Å²) in [5.41, 5.74) is 22.5. The first kappa shape index (κ1) is 34.6. The van der Waals surface area contributed by atoms with Crippen LogP contribution in [0.25, 0.3) is 54.1 Å². The van der Waals surface area contributed by atoms with Crippen molar-refractivity contribution in [1.82, 2.24) is 19.9 Å². The Kier molecular flexibility index (Phi) is 12.7. The first-order valence-electron chi connectivity index (χ1n) is 15.7. The Morgan fingerprint density at radius 1 is 0.551 bits per heavy atom. The Bertz CT molecular complexity index is 2240. The monoisotopic (exact) mass is 706 g/mol. The maximum atomic E-state index is 8.24. The maximum Gasteiger partial charge on any atom is 0.0746 e. The third-order valence-corrected chi connectivity index (χ3v) is 8.26. The molecule has 4 aromatic heterocycles. The van der Waals surface area contributed by atoms with Gasteiger partial charge in [-0.15, -0.1) is 0 Å². The van der Waals surface area contributed by atoms with Gasteiger partial charge in [-0.25, -0.2) is 0 Å². The van der Waals surface area contributed by atoms with Crippen LogP contribution in [0.15, 0.2) is 151 Å². The zero-order valence-electron chi connectivity index (χ0n) is 27.1. The van der Waals surface area contributed by atoms with Crippen LogP contribution in [-0.4, -0.2) is 19.9 Å². The van der Waals surface area contributed by atoms with E-state index in [0.29, 0.717) is 13.1 Å². The molecule has 0 bridgehead atoms. The Morgan fingerprint density at radius 3 is 1.41 bits per heavy atom. The van der Waals surface area contributed by atoms with Crippen molar-refractivity contribution >= 4 is 59.5 Å². The number of halogens is 1. The highest BCUT2D eigenvalue weighted by molar-refractivity contribution is 9.08. The van der Waals surface area contributed by atoms with Crippen LogP contribution in [0.5, 0.6) is 0 Å². The lowest BCUT2D eigenvalue weighted by Crippen LogP contribution is -1.97. The first-order chi connectivity index (χ1) is 24.1. The van der Waals surface area contributed by atoms with Crippen molar-refractivity contribution in [2.24, 2.45) is 10.8 Å². The summed E-state index contributed by atoms with van der Waals surface area (Å²) in [4.78, 5) is 19.9. The minimum atomic E-state index is 0.352. The molecule has 9 heteroatoms. The number of hydrogen-bond acceptors (Lipinski definition) is 6. The average Bonchev–Trinajstić information content (AvgIpc) is 3.17. The third kappa shape index (κ3) is 9.21. The highest BCUT2D eigenvalue weighted by Gasteiger charge is 2.00. The molecule has 0 saturated carbocycles. The molecule has 0 aliphatic heterocycles. The lowest BCUT2D eigenvalue weighted by atomic mass is 10.1. The van der Waals surface area contributed by atoms with Crippen molar-refractivity contribution < 1.29 is 0 Å². The standard InChI is InChI=1S/C10H8BrN.C10H8N4.C10H10N2.C10H9N/c11-7-9-4-1-3-8-5-2-6-12-10(8)9;11-14-13-7-9-4-1-3-8-5-2-6-12-10(8)9;11-7-9-4-1-3-8-5-2-6-12-10(8)9;1-8-4-2-5-9-6-3-7-11-10(8)9/h1-6H,7H2;1-6H,7H2;1-6H,7,11H2;2-7H,1H3. The van der Waals surface area contributed by atoms with Gasteiger partial charge >= 0.3 is 0 Å². The minimum absolute atomic E-state index is 0.352. The quantitative estimate of drug-likeness (QED) is 0.0843. The van der Waals surface area contributed by atoms with Gasteiger partial charge in [0, 0.05) is 63.1 Å². The van der Waals surface area contributed by atoms with E-state index in [1.165, 1.54) is 21.9 Å². The fourth-order valence-electron chi connectivity index (χ4n) is 5.27. The number of aryl methyl sites for hydroxylation is 1. The number of alkyl halides is 1. The van der Waals surface area contributed by atoms with Gasteiger partial charge in [-0.3, -0.25) is 19.9 Å². The number of nitrogens with two attached hydrogens (primary N) is 1. The van der Waals surface area contributed by atoms with E-state index in [-0.39, 0.29) is 0 Å². The van der Waals surface area contributed by atoms with E-state index < -0.39 is 0 Å². The van der Waals surface area contributed by atoms with E-state index in [1.54, 1.807) is 12.4 Å². The molecule has 0 radical (unpaired) electrons. The molecule has 8 aromatic rings. The molecule has 0 spiro atoms. The number of aromatic nitrogens is 4. The number of rotatable bonds is 4. The van der Waals surface area contributed by atoms with E-state index in [4.69, 9.17) is 11.3 Å². The van der Waals surface area contributed by atoms with Crippen molar-refractivity contribution in [2.45, 2.75) is 25.3 Å². The molecule has 49 heavy (non-hydrogen) atoms. The molecule has 2 N–H and O–H groups in total. The zero-order chi connectivity index (χ0) is 34.3. The third-order valence-electron chi connectivity index (χ3n) is 7.65. The predicted molar refractivity (Wildman–Crippen MR) is 205 cm³/mol. The summed E-state index contributed by atoms with van der Waals surface area (Å²) in [6.07, 6.45) is 7.19. The molecule has 0 aliphatic rings. The van der Waals surface area contributed by atoms with Crippen molar-refractivity contribution in [1.29, 1.82) is 0 Å². The van der Waals surface area contributed by atoms with Crippen LogP contribution in [0.2, 0.25) is 0 Å². The van der Waals surface area contributed by atoms with Crippen molar-refractivity contribution in [2.75, 3.05) is 0 Å². The summed E-state index contributed by atoms with van der Waals surface area (Å²) in [6, 6.07) is 40.3. The normalized spacial score (nSPS) is 10.2. The van der Waals surface area contributed by atoms with E-state index in [9.17, 15) is 0 Å². The van der Waals surface area contributed by atoms with Gasteiger partial charge in [0.1, 0.15) is 0 Å². The second-order valence-electron chi connectivity index (χ2n) is 10.9. The second-order valence-corrected chi connectivity index (χ2v) is 11.4. The van der Waals surface area contributed by atoms with E-state index in [1.807, 2.05) is 85.2 Å². The summed E-state index contributed by atoms with van der Waals surface area (Å²) < 4.78 is 0. The number of para-hydroxylation sites is 4. The van der Waals surface area contributed by atoms with Crippen LogP contribution in [0, 0.1) is 6.92 Å². The van der Waals surface area contributed by atoms with Gasteiger partial charge in [-0.05, 0) is 59.0 Å². The van der Waals surface area contributed by atoms with Crippen molar-refractivity contribution in [3.05, 3.63) is 179 Å². The van der Waals surface area contributed by atoms with Gasteiger partial charge in [0.25, 0.3) is 0 Å². The van der Waals surface area contributed by atoms with E-state index in [2.05, 4.69) is 101 Å². The largest absolute Gasteiger partial charge is 0.326 e. The molecule has 0 amide bonds. The smallest absolute Gasteiger partial charge is 0.0746 e. The summed E-state index contributed by atoms with van der Waals surface area (Å²) >= 11 is 3.44. The minimum Gasteiger partial charge on any atom is -0.326 e. The van der Waals surface area contributed by atoms with Crippen LogP contribution < -0.4 is 5.73 Å². The summed E-state index contributed by atoms with van der Waals surface area (Å²) in [6.45, 7) is 2.98. The van der Waals surface area contributed by atoms with Crippen LogP contribution >= 0.6 is 15.9 Å².